The van der Waals surface area contributed by atoms with E-state index in [-0.39, 0.29) is 0 Å². The highest BCUT2D eigenvalue weighted by Crippen LogP contribution is 2.11. The summed E-state index contributed by atoms with van der Waals surface area (Å²) in [5, 5.41) is 0. The summed E-state index contributed by atoms with van der Waals surface area (Å²) in [6, 6.07) is 0. The molecule has 0 aromatic heterocycles. The molecule has 0 amide bonds. The molecule has 0 aliphatic heterocycles. The molecule has 0 N–H and O–H groups in total. The smallest absolute Gasteiger partial charge is 0.275 e. The average molecular weight is 259 g/mol. The fourth-order valence-electron chi connectivity index (χ4n) is 2.04. The minimum Gasteiger partial charge on any atom is -0.275 e. The fourth-order valence-corrected chi connectivity index (χ4v) is 2.04. The zero-order valence-electron chi connectivity index (χ0n) is 12.4. The van der Waals surface area contributed by atoms with E-state index in [4.69, 9.17) is 0 Å². The molecule has 0 saturated heterocycles. The summed E-state index contributed by atoms with van der Waals surface area (Å²) in [5.41, 5.74) is 0. The molecule has 0 bridgehead atoms. The zero-order chi connectivity index (χ0) is 14.0. The summed E-state index contributed by atoms with van der Waals surface area (Å²) in [7, 11) is 0. The highest BCUT2D eigenvalue weighted by atomic mass is 16.1. The third-order valence-corrected chi connectivity index (χ3v) is 3.17. The highest BCUT2D eigenvalue weighted by Gasteiger charge is 1.92. The van der Waals surface area contributed by atoms with Gasteiger partial charge in [-0.3, -0.25) is 4.79 Å². The Labute approximate surface area is 119 Å². The van der Waals surface area contributed by atoms with Crippen molar-refractivity contribution in [1.29, 1.82) is 0 Å². The molecule has 19 heavy (non-hydrogen) atoms. The Kier molecular flexibility index (Phi) is 15.7. The van der Waals surface area contributed by atoms with E-state index in [2.05, 4.69) is 30.6 Å². The van der Waals surface area contributed by atoms with E-state index in [9.17, 15) is 4.79 Å². The van der Waals surface area contributed by atoms with Crippen molar-refractivity contribution in [2.45, 2.75) is 84.0 Å². The van der Waals surface area contributed by atoms with Crippen LogP contribution in [0.5, 0.6) is 0 Å². The molecule has 0 aromatic rings. The maximum atomic E-state index is 9.77. The van der Waals surface area contributed by atoms with Crippen molar-refractivity contribution in [2.75, 3.05) is 0 Å². The number of carbonyl (C=O) groups excluding carboxylic acids is 1. The van der Waals surface area contributed by atoms with Gasteiger partial charge in [0.05, 0.1) is 0 Å². The molecular formula is C18H27O. The van der Waals surface area contributed by atoms with Crippen molar-refractivity contribution in [2.24, 2.45) is 0 Å². The first-order chi connectivity index (χ1) is 9.41. The van der Waals surface area contributed by atoms with Crippen molar-refractivity contribution in [1.82, 2.24) is 0 Å². The van der Waals surface area contributed by atoms with Crippen LogP contribution in [0.25, 0.3) is 0 Å². The molecule has 1 nitrogen and oxygen atoms in total. The molecule has 0 aliphatic rings. The molecule has 1 heteroatoms. The largest absolute Gasteiger partial charge is 0.285 e. The Morgan fingerprint density at radius 1 is 0.632 bits per heavy atom. The second kappa shape index (κ2) is 16.8. The lowest BCUT2D eigenvalue weighted by Crippen LogP contribution is -1.82. The van der Waals surface area contributed by atoms with Crippen LogP contribution in [0, 0.1) is 23.7 Å². The number of rotatable bonds is 11. The van der Waals surface area contributed by atoms with Crippen LogP contribution in [0.15, 0.2) is 0 Å². The number of unbranched alkanes of at least 4 members (excludes halogenated alkanes) is 11. The van der Waals surface area contributed by atoms with E-state index in [1.165, 1.54) is 70.5 Å². The van der Waals surface area contributed by atoms with E-state index >= 15 is 0 Å². The van der Waals surface area contributed by atoms with E-state index in [1.54, 1.807) is 0 Å². The van der Waals surface area contributed by atoms with Crippen LogP contribution in [0.2, 0.25) is 0 Å². The highest BCUT2D eigenvalue weighted by molar-refractivity contribution is 5.74. The number of hydrogen-bond donors (Lipinski definition) is 0. The third kappa shape index (κ3) is 16.8. The van der Waals surface area contributed by atoms with Gasteiger partial charge in [-0.05, 0) is 24.2 Å². The van der Waals surface area contributed by atoms with Gasteiger partial charge >= 0.3 is 0 Å². The Morgan fingerprint density at radius 3 is 1.68 bits per heavy atom. The van der Waals surface area contributed by atoms with Crippen LogP contribution < -0.4 is 0 Å². The van der Waals surface area contributed by atoms with Gasteiger partial charge < -0.3 is 0 Å². The molecule has 0 atom stereocenters. The van der Waals surface area contributed by atoms with Gasteiger partial charge in [-0.15, -0.1) is 0 Å². The molecular weight excluding hydrogens is 232 g/mol. The van der Waals surface area contributed by atoms with Crippen molar-refractivity contribution in [3.8, 4) is 23.7 Å². The normalized spacial score (nSPS) is 9.11. The summed E-state index contributed by atoms with van der Waals surface area (Å²) in [5.74, 6) is 10.2. The van der Waals surface area contributed by atoms with Crippen LogP contribution in [0.1, 0.15) is 84.0 Å². The molecule has 0 fully saturated rings. The molecule has 0 rings (SSSR count). The predicted molar refractivity (Wildman–Crippen MR) is 82.3 cm³/mol. The van der Waals surface area contributed by atoms with Crippen molar-refractivity contribution >= 4 is 6.29 Å². The fraction of sp³-hybridized carbons (Fsp3) is 0.722. The molecule has 0 aromatic carbocycles. The van der Waals surface area contributed by atoms with Gasteiger partial charge in [0.25, 0.3) is 6.29 Å². The van der Waals surface area contributed by atoms with Gasteiger partial charge in [-0.1, -0.05) is 77.1 Å². The van der Waals surface area contributed by atoms with Gasteiger partial charge in [-0.2, -0.15) is 0 Å². The van der Waals surface area contributed by atoms with E-state index in [0.717, 1.165) is 12.8 Å². The second-order valence-corrected chi connectivity index (χ2v) is 4.94. The maximum absolute atomic E-state index is 9.77. The first-order valence-corrected chi connectivity index (χ1v) is 7.76. The first-order valence-electron chi connectivity index (χ1n) is 7.76. The van der Waals surface area contributed by atoms with Crippen molar-refractivity contribution < 1.29 is 4.79 Å². The third-order valence-electron chi connectivity index (χ3n) is 3.17. The Morgan fingerprint density at radius 2 is 1.16 bits per heavy atom. The molecule has 0 saturated carbocycles. The molecule has 0 aliphatic carbocycles. The van der Waals surface area contributed by atoms with E-state index < -0.39 is 0 Å². The summed E-state index contributed by atoms with van der Waals surface area (Å²) in [6.45, 7) is 2.26. The van der Waals surface area contributed by atoms with Crippen LogP contribution in [-0.2, 0) is 4.79 Å². The summed E-state index contributed by atoms with van der Waals surface area (Å²) >= 11 is 0. The first kappa shape index (κ1) is 17.8. The molecule has 105 valence electrons. The van der Waals surface area contributed by atoms with Gasteiger partial charge in [0.15, 0.2) is 0 Å². The summed E-state index contributed by atoms with van der Waals surface area (Å²) in [6.07, 6.45) is 17.3. The van der Waals surface area contributed by atoms with Gasteiger partial charge in [-0.25, -0.2) is 0 Å². The lowest BCUT2D eigenvalue weighted by Gasteiger charge is -2.01. The Bertz CT molecular complexity index is 308. The van der Waals surface area contributed by atoms with E-state index in [1.807, 2.05) is 0 Å². The minimum atomic E-state index is 0.893. The molecule has 0 unspecified atom stereocenters. The lowest BCUT2D eigenvalue weighted by molar-refractivity contribution is 0.551. The molecule has 1 radical (unpaired) electrons. The monoisotopic (exact) mass is 259 g/mol. The average Bonchev–Trinajstić information content (AvgIpc) is 2.43. The standard InChI is InChI=1S/C18H27O/c1-2-3-4-5-6-7-8-9-10-11-12-13-14-15-16-17-18-19/h2-13H2,1H3. The van der Waals surface area contributed by atoms with Gasteiger partial charge in [0.1, 0.15) is 0 Å². The quantitative estimate of drug-likeness (QED) is 0.384. The second-order valence-electron chi connectivity index (χ2n) is 4.94. The van der Waals surface area contributed by atoms with Crippen LogP contribution in [-0.4, -0.2) is 6.29 Å². The van der Waals surface area contributed by atoms with Crippen LogP contribution in [0.3, 0.4) is 0 Å². The van der Waals surface area contributed by atoms with Crippen LogP contribution >= 0.6 is 0 Å². The van der Waals surface area contributed by atoms with Crippen molar-refractivity contribution in [3.05, 3.63) is 0 Å². The van der Waals surface area contributed by atoms with Crippen LogP contribution in [0.4, 0.5) is 0 Å². The molecule has 0 heterocycles. The van der Waals surface area contributed by atoms with Crippen molar-refractivity contribution in [3.63, 3.8) is 0 Å². The SMILES string of the molecule is CCCCCCCCCCCCCC#CC#C[C]=O. The molecule has 0 spiro atoms. The van der Waals surface area contributed by atoms with Gasteiger partial charge in [0.2, 0.25) is 0 Å². The lowest BCUT2D eigenvalue weighted by atomic mass is 10.1. The topological polar surface area (TPSA) is 17.1 Å². The van der Waals surface area contributed by atoms with Gasteiger partial charge in [0, 0.05) is 6.42 Å². The summed E-state index contributed by atoms with van der Waals surface area (Å²) < 4.78 is 0. The predicted octanol–water partition coefficient (Wildman–Crippen LogP) is 4.80. The zero-order valence-corrected chi connectivity index (χ0v) is 12.4. The Balaban J connectivity index is 3.10. The summed E-state index contributed by atoms with van der Waals surface area (Å²) in [4.78, 5) is 9.77. The van der Waals surface area contributed by atoms with E-state index in [0.29, 0.717) is 0 Å². The number of hydrogen-bond acceptors (Lipinski definition) is 1. The minimum absolute atomic E-state index is 0.893. The maximum Gasteiger partial charge on any atom is 0.285 e. The Hall–Kier alpha value is -1.21.